The second kappa shape index (κ2) is 5.44. The van der Waals surface area contributed by atoms with Crippen LogP contribution in [0.25, 0.3) is 0 Å². The maximum Gasteiger partial charge on any atom is 0.226 e. The van der Waals surface area contributed by atoms with Crippen LogP contribution in [0, 0.1) is 5.92 Å². The van der Waals surface area contributed by atoms with Gasteiger partial charge in [0.25, 0.3) is 0 Å². The lowest BCUT2D eigenvalue weighted by molar-refractivity contribution is -0.137. The van der Waals surface area contributed by atoms with Crippen molar-refractivity contribution in [3.63, 3.8) is 0 Å². The highest BCUT2D eigenvalue weighted by molar-refractivity contribution is 5.79. The van der Waals surface area contributed by atoms with Crippen LogP contribution in [0.15, 0.2) is 18.2 Å². The van der Waals surface area contributed by atoms with E-state index >= 15 is 0 Å². The maximum absolute atomic E-state index is 12.6. The fourth-order valence-electron chi connectivity index (χ4n) is 3.35. The Labute approximate surface area is 119 Å². The van der Waals surface area contributed by atoms with Gasteiger partial charge in [0.15, 0.2) is 0 Å². The third kappa shape index (κ3) is 2.66. The largest absolute Gasteiger partial charge is 0.508 e. The van der Waals surface area contributed by atoms with Crippen LogP contribution in [0.4, 0.5) is 0 Å². The molecule has 0 unspecified atom stereocenters. The third-order valence-electron chi connectivity index (χ3n) is 4.49. The highest BCUT2D eigenvalue weighted by Gasteiger charge is 2.30. The molecule has 0 aliphatic carbocycles. The average Bonchev–Trinajstić information content (AvgIpc) is 2.45. The summed E-state index contributed by atoms with van der Waals surface area (Å²) in [7, 11) is 0. The van der Waals surface area contributed by atoms with Gasteiger partial charge in [-0.15, -0.1) is 0 Å². The molecular weight excluding hydrogens is 252 g/mol. The van der Waals surface area contributed by atoms with E-state index in [1.54, 1.807) is 12.1 Å². The molecule has 2 aliphatic rings. The maximum atomic E-state index is 12.6. The minimum Gasteiger partial charge on any atom is -0.508 e. The van der Waals surface area contributed by atoms with Gasteiger partial charge in [-0.05, 0) is 56.0 Å². The lowest BCUT2D eigenvalue weighted by Gasteiger charge is -2.34. The van der Waals surface area contributed by atoms with E-state index in [-0.39, 0.29) is 17.6 Å². The Morgan fingerprint density at radius 2 is 2.25 bits per heavy atom. The SMILES string of the molecule is C[C@H]1C[C@@H](C(=O)N2CCc3ccc(O)cc3C2)CCN1. The Hall–Kier alpha value is -1.55. The summed E-state index contributed by atoms with van der Waals surface area (Å²) in [6.45, 7) is 4.52. The van der Waals surface area contributed by atoms with Crippen molar-refractivity contribution in [1.29, 1.82) is 0 Å². The summed E-state index contributed by atoms with van der Waals surface area (Å²) in [5.74, 6) is 0.728. The molecule has 0 bridgehead atoms. The summed E-state index contributed by atoms with van der Waals surface area (Å²) in [6, 6.07) is 5.92. The summed E-state index contributed by atoms with van der Waals surface area (Å²) < 4.78 is 0. The van der Waals surface area contributed by atoms with Gasteiger partial charge in [0.2, 0.25) is 5.91 Å². The van der Waals surface area contributed by atoms with E-state index in [0.717, 1.165) is 37.9 Å². The minimum atomic E-state index is 0.158. The normalized spacial score (nSPS) is 26.1. The van der Waals surface area contributed by atoms with Gasteiger partial charge in [0.1, 0.15) is 5.75 Å². The number of amides is 1. The molecule has 3 rings (SSSR count). The van der Waals surface area contributed by atoms with Gasteiger partial charge >= 0.3 is 0 Å². The molecule has 20 heavy (non-hydrogen) atoms. The molecule has 0 aromatic heterocycles. The molecule has 2 atom stereocenters. The monoisotopic (exact) mass is 274 g/mol. The van der Waals surface area contributed by atoms with Gasteiger partial charge in [-0.3, -0.25) is 4.79 Å². The van der Waals surface area contributed by atoms with Crippen LogP contribution in [0.3, 0.4) is 0 Å². The third-order valence-corrected chi connectivity index (χ3v) is 4.49. The number of hydrogen-bond acceptors (Lipinski definition) is 3. The molecular formula is C16H22N2O2. The predicted octanol–water partition coefficient (Wildman–Crippen LogP) is 1.67. The smallest absolute Gasteiger partial charge is 0.226 e. The average molecular weight is 274 g/mol. The van der Waals surface area contributed by atoms with Gasteiger partial charge in [-0.25, -0.2) is 0 Å². The van der Waals surface area contributed by atoms with E-state index in [2.05, 4.69) is 12.2 Å². The number of phenols is 1. The first-order valence-corrected chi connectivity index (χ1v) is 7.46. The van der Waals surface area contributed by atoms with Crippen molar-refractivity contribution >= 4 is 5.91 Å². The van der Waals surface area contributed by atoms with E-state index < -0.39 is 0 Å². The molecule has 4 heteroatoms. The number of carbonyl (C=O) groups excluding carboxylic acids is 1. The number of benzene rings is 1. The van der Waals surface area contributed by atoms with Gasteiger partial charge in [0.05, 0.1) is 0 Å². The number of carbonyl (C=O) groups is 1. The quantitative estimate of drug-likeness (QED) is 0.819. The van der Waals surface area contributed by atoms with Crippen molar-refractivity contribution in [2.24, 2.45) is 5.92 Å². The molecule has 1 aromatic carbocycles. The zero-order valence-electron chi connectivity index (χ0n) is 11.9. The minimum absolute atomic E-state index is 0.158. The van der Waals surface area contributed by atoms with Crippen LogP contribution in [-0.4, -0.2) is 35.0 Å². The Balaban J connectivity index is 1.71. The molecule has 108 valence electrons. The molecule has 0 saturated carbocycles. The van der Waals surface area contributed by atoms with Crippen LogP contribution >= 0.6 is 0 Å². The zero-order valence-corrected chi connectivity index (χ0v) is 11.9. The van der Waals surface area contributed by atoms with Crippen molar-refractivity contribution < 1.29 is 9.90 Å². The standard InChI is InChI=1S/C16H22N2O2/c1-11-8-13(4-6-17-11)16(20)18-7-5-12-2-3-15(19)9-14(12)10-18/h2-3,9,11,13,17,19H,4-8,10H2,1H3/t11-,13-/m0/s1. The fourth-order valence-corrected chi connectivity index (χ4v) is 3.35. The Morgan fingerprint density at radius 1 is 1.40 bits per heavy atom. The molecule has 2 aliphatic heterocycles. The van der Waals surface area contributed by atoms with Crippen molar-refractivity contribution in [3.05, 3.63) is 29.3 Å². The van der Waals surface area contributed by atoms with E-state index in [1.807, 2.05) is 11.0 Å². The van der Waals surface area contributed by atoms with Crippen molar-refractivity contribution in [1.82, 2.24) is 10.2 Å². The molecule has 1 fully saturated rings. The highest BCUT2D eigenvalue weighted by Crippen LogP contribution is 2.26. The first-order valence-electron chi connectivity index (χ1n) is 7.46. The van der Waals surface area contributed by atoms with Crippen molar-refractivity contribution in [3.8, 4) is 5.75 Å². The Kier molecular flexibility index (Phi) is 3.66. The summed E-state index contributed by atoms with van der Waals surface area (Å²) in [4.78, 5) is 14.6. The predicted molar refractivity (Wildman–Crippen MR) is 77.4 cm³/mol. The molecule has 2 N–H and O–H groups in total. The van der Waals surface area contributed by atoms with Crippen LogP contribution < -0.4 is 5.32 Å². The number of nitrogens with zero attached hydrogens (tertiary/aromatic N) is 1. The van der Waals surface area contributed by atoms with Gasteiger partial charge in [-0.2, -0.15) is 0 Å². The fraction of sp³-hybridized carbons (Fsp3) is 0.562. The van der Waals surface area contributed by atoms with E-state index in [0.29, 0.717) is 12.6 Å². The molecule has 0 spiro atoms. The van der Waals surface area contributed by atoms with E-state index in [9.17, 15) is 9.90 Å². The van der Waals surface area contributed by atoms with Crippen LogP contribution in [0.1, 0.15) is 30.9 Å². The first-order chi connectivity index (χ1) is 9.63. The number of fused-ring (bicyclic) bond motifs is 1. The van der Waals surface area contributed by atoms with Gasteiger partial charge in [0, 0.05) is 25.0 Å². The first kappa shape index (κ1) is 13.4. The molecule has 4 nitrogen and oxygen atoms in total. The number of rotatable bonds is 1. The summed E-state index contributed by atoms with van der Waals surface area (Å²) in [5.41, 5.74) is 2.34. The Bertz CT molecular complexity index is 515. The van der Waals surface area contributed by atoms with Gasteiger partial charge in [-0.1, -0.05) is 6.07 Å². The zero-order chi connectivity index (χ0) is 14.1. The lowest BCUT2D eigenvalue weighted by atomic mass is 9.90. The molecule has 1 saturated heterocycles. The van der Waals surface area contributed by atoms with E-state index in [1.165, 1.54) is 5.56 Å². The van der Waals surface area contributed by atoms with E-state index in [4.69, 9.17) is 0 Å². The summed E-state index contributed by atoms with van der Waals surface area (Å²) in [5, 5.41) is 13.0. The topological polar surface area (TPSA) is 52.6 Å². The number of phenolic OH excluding ortho intramolecular Hbond substituents is 1. The highest BCUT2D eigenvalue weighted by atomic mass is 16.3. The number of piperidine rings is 1. The number of hydrogen-bond donors (Lipinski definition) is 2. The number of nitrogens with one attached hydrogen (secondary N) is 1. The molecule has 1 amide bonds. The summed E-state index contributed by atoms with van der Waals surface area (Å²) in [6.07, 6.45) is 2.76. The number of aromatic hydroxyl groups is 1. The Morgan fingerprint density at radius 3 is 3.05 bits per heavy atom. The van der Waals surface area contributed by atoms with Gasteiger partial charge < -0.3 is 15.3 Å². The van der Waals surface area contributed by atoms with Crippen LogP contribution in [-0.2, 0) is 17.8 Å². The molecule has 1 aromatic rings. The lowest BCUT2D eigenvalue weighted by Crippen LogP contribution is -2.45. The summed E-state index contributed by atoms with van der Waals surface area (Å²) >= 11 is 0. The van der Waals surface area contributed by atoms with Crippen LogP contribution in [0.5, 0.6) is 5.75 Å². The van der Waals surface area contributed by atoms with Crippen LogP contribution in [0.2, 0.25) is 0 Å². The molecule has 0 radical (unpaired) electrons. The molecule has 2 heterocycles. The van der Waals surface area contributed by atoms with Crippen molar-refractivity contribution in [2.45, 2.75) is 38.8 Å². The second-order valence-corrected chi connectivity index (χ2v) is 6.04. The second-order valence-electron chi connectivity index (χ2n) is 6.04. The van der Waals surface area contributed by atoms with Crippen molar-refractivity contribution in [2.75, 3.05) is 13.1 Å².